The molecular formula is C24H20N4O4S. The fraction of sp³-hybridized carbons (Fsp3) is 0.208. The summed E-state index contributed by atoms with van der Waals surface area (Å²) in [6.07, 6.45) is 0. The van der Waals surface area contributed by atoms with Gasteiger partial charge >= 0.3 is 5.97 Å². The van der Waals surface area contributed by atoms with E-state index in [9.17, 15) is 20.2 Å². The molecule has 2 unspecified atom stereocenters. The molecule has 0 aliphatic carbocycles. The molecule has 0 amide bonds. The monoisotopic (exact) mass is 460 g/mol. The number of nitriles is 1. The predicted molar refractivity (Wildman–Crippen MR) is 125 cm³/mol. The highest BCUT2D eigenvalue weighted by Crippen LogP contribution is 2.46. The Kier molecular flexibility index (Phi) is 5.94. The van der Waals surface area contributed by atoms with Crippen molar-refractivity contribution in [3.63, 3.8) is 0 Å². The molecule has 1 aliphatic rings. The average molecular weight is 461 g/mol. The number of esters is 1. The van der Waals surface area contributed by atoms with E-state index < -0.39 is 22.3 Å². The highest BCUT2D eigenvalue weighted by molar-refractivity contribution is 7.12. The van der Waals surface area contributed by atoms with Crippen LogP contribution in [0.15, 0.2) is 71.1 Å². The Morgan fingerprint density at radius 1 is 1.24 bits per heavy atom. The second-order valence-corrected chi connectivity index (χ2v) is 8.44. The molecule has 0 N–H and O–H groups in total. The van der Waals surface area contributed by atoms with Gasteiger partial charge in [0.1, 0.15) is 6.07 Å². The van der Waals surface area contributed by atoms with Crippen LogP contribution in [-0.4, -0.2) is 28.8 Å². The Bertz CT molecular complexity index is 1250. The Hall–Kier alpha value is -4.03. The van der Waals surface area contributed by atoms with Gasteiger partial charge in [-0.1, -0.05) is 35.9 Å². The Morgan fingerprint density at radius 3 is 2.48 bits per heavy atom. The molecule has 9 heteroatoms. The lowest BCUT2D eigenvalue weighted by Crippen LogP contribution is -2.54. The first kappa shape index (κ1) is 22.2. The lowest BCUT2D eigenvalue weighted by molar-refractivity contribution is -0.384. The number of nitro groups is 1. The summed E-state index contributed by atoms with van der Waals surface area (Å²) in [5.74, 6) is -1.47. The van der Waals surface area contributed by atoms with Gasteiger partial charge in [-0.3, -0.25) is 10.1 Å². The van der Waals surface area contributed by atoms with E-state index in [0.29, 0.717) is 11.4 Å². The van der Waals surface area contributed by atoms with Gasteiger partial charge in [0.15, 0.2) is 0 Å². The zero-order chi connectivity index (χ0) is 23.6. The molecule has 4 rings (SSSR count). The molecule has 2 aromatic carbocycles. The van der Waals surface area contributed by atoms with E-state index in [0.717, 1.165) is 16.0 Å². The van der Waals surface area contributed by atoms with Gasteiger partial charge in [0, 0.05) is 12.1 Å². The fourth-order valence-corrected chi connectivity index (χ4v) is 4.66. The topological polar surface area (TPSA) is 109 Å². The van der Waals surface area contributed by atoms with Gasteiger partial charge < -0.3 is 4.74 Å². The number of hydrogen-bond donors (Lipinski definition) is 0. The number of benzene rings is 2. The summed E-state index contributed by atoms with van der Waals surface area (Å²) in [6, 6.07) is 19.2. The smallest absolute Gasteiger partial charge is 0.350 e. The SMILES string of the molecule is CCOC(=O)C1(C#N)C(c2ccc(C)cc2)C(c2cccs2)=NN1c1ccc([N+](=O)[O-])cc1. The first-order chi connectivity index (χ1) is 15.9. The number of rotatable bonds is 6. The summed E-state index contributed by atoms with van der Waals surface area (Å²) in [7, 11) is 0. The van der Waals surface area contributed by atoms with E-state index in [2.05, 4.69) is 6.07 Å². The fourth-order valence-electron chi connectivity index (χ4n) is 3.92. The zero-order valence-corrected chi connectivity index (χ0v) is 18.8. The van der Waals surface area contributed by atoms with E-state index in [1.54, 1.807) is 6.92 Å². The van der Waals surface area contributed by atoms with Crippen molar-refractivity contribution in [2.45, 2.75) is 25.3 Å². The molecule has 0 spiro atoms. The summed E-state index contributed by atoms with van der Waals surface area (Å²) < 4.78 is 5.39. The second-order valence-electron chi connectivity index (χ2n) is 7.49. The van der Waals surface area contributed by atoms with Crippen LogP contribution in [0.5, 0.6) is 0 Å². The molecule has 2 atom stereocenters. The maximum atomic E-state index is 13.5. The van der Waals surface area contributed by atoms with Crippen LogP contribution in [0.3, 0.4) is 0 Å². The number of hydrazone groups is 1. The number of nitrogens with zero attached hydrogens (tertiary/aromatic N) is 4. The number of aryl methyl sites for hydroxylation is 1. The van der Waals surface area contributed by atoms with E-state index in [-0.39, 0.29) is 12.3 Å². The van der Waals surface area contributed by atoms with Crippen LogP contribution in [0, 0.1) is 28.4 Å². The number of anilines is 1. The maximum absolute atomic E-state index is 13.5. The molecule has 0 saturated carbocycles. The van der Waals surface area contributed by atoms with Gasteiger partial charge in [0.25, 0.3) is 11.2 Å². The quantitative estimate of drug-likeness (QED) is 0.297. The van der Waals surface area contributed by atoms with Gasteiger partial charge in [0.05, 0.1) is 33.7 Å². The van der Waals surface area contributed by atoms with Crippen molar-refractivity contribution < 1.29 is 14.5 Å². The first-order valence-corrected chi connectivity index (χ1v) is 11.1. The van der Waals surface area contributed by atoms with E-state index in [4.69, 9.17) is 9.84 Å². The van der Waals surface area contributed by atoms with Crippen LogP contribution in [0.1, 0.15) is 28.8 Å². The number of carbonyl (C=O) groups excluding carboxylic acids is 1. The molecule has 2 heterocycles. The molecular weight excluding hydrogens is 440 g/mol. The molecule has 8 nitrogen and oxygen atoms in total. The zero-order valence-electron chi connectivity index (χ0n) is 18.0. The lowest BCUT2D eigenvalue weighted by atomic mass is 9.77. The lowest BCUT2D eigenvalue weighted by Gasteiger charge is -2.34. The summed E-state index contributed by atoms with van der Waals surface area (Å²) in [6.45, 7) is 3.72. The van der Waals surface area contributed by atoms with Crippen LogP contribution >= 0.6 is 11.3 Å². The van der Waals surface area contributed by atoms with Gasteiger partial charge in [0.2, 0.25) is 0 Å². The third-order valence-corrected chi connectivity index (χ3v) is 6.37. The molecule has 1 aromatic heterocycles. The molecule has 166 valence electrons. The van der Waals surface area contributed by atoms with Crippen LogP contribution in [0.4, 0.5) is 11.4 Å². The average Bonchev–Trinajstić information content (AvgIpc) is 3.46. The van der Waals surface area contributed by atoms with Gasteiger partial charge in [-0.15, -0.1) is 11.3 Å². The largest absolute Gasteiger partial charge is 0.463 e. The normalized spacial score (nSPS) is 19.6. The number of non-ortho nitro benzene ring substituents is 1. The van der Waals surface area contributed by atoms with Gasteiger partial charge in [-0.25, -0.2) is 9.80 Å². The van der Waals surface area contributed by atoms with Crippen molar-refractivity contribution >= 4 is 34.4 Å². The Balaban J connectivity index is 1.96. The summed E-state index contributed by atoms with van der Waals surface area (Å²) in [4.78, 5) is 24.9. The third-order valence-electron chi connectivity index (χ3n) is 5.48. The minimum atomic E-state index is -1.83. The number of hydrogen-bond acceptors (Lipinski definition) is 8. The van der Waals surface area contributed by atoms with E-state index in [1.807, 2.05) is 48.7 Å². The van der Waals surface area contributed by atoms with Crippen LogP contribution < -0.4 is 5.01 Å². The third kappa shape index (κ3) is 3.75. The van der Waals surface area contributed by atoms with Gasteiger partial charge in [-0.2, -0.15) is 10.4 Å². The van der Waals surface area contributed by atoms with E-state index in [1.165, 1.54) is 40.6 Å². The number of ether oxygens (including phenoxy) is 1. The molecule has 0 fully saturated rings. The van der Waals surface area contributed by atoms with E-state index >= 15 is 0 Å². The Morgan fingerprint density at radius 2 is 1.94 bits per heavy atom. The van der Waals surface area contributed by atoms with Crippen LogP contribution in [0.2, 0.25) is 0 Å². The molecule has 3 aromatic rings. The van der Waals surface area contributed by atoms with Crippen molar-refractivity contribution in [2.24, 2.45) is 5.10 Å². The number of nitro benzene ring substituents is 1. The van der Waals surface area contributed by atoms with Crippen LogP contribution in [-0.2, 0) is 9.53 Å². The van der Waals surface area contributed by atoms with Crippen molar-refractivity contribution in [1.29, 1.82) is 5.26 Å². The summed E-state index contributed by atoms with van der Waals surface area (Å²) in [5, 5.41) is 29.6. The highest BCUT2D eigenvalue weighted by Gasteiger charge is 2.60. The standard InChI is InChI=1S/C24H20N4O4S/c1-3-32-23(29)24(15-25)21(17-8-6-16(2)7-9-17)22(20-5-4-14-33-20)26-27(24)18-10-12-19(13-11-18)28(30)31/h4-14,21H,3H2,1-2H3. The number of thiophene rings is 1. The summed E-state index contributed by atoms with van der Waals surface area (Å²) >= 11 is 1.45. The predicted octanol–water partition coefficient (Wildman–Crippen LogP) is 4.80. The molecule has 0 saturated heterocycles. The second kappa shape index (κ2) is 8.84. The first-order valence-electron chi connectivity index (χ1n) is 10.2. The summed E-state index contributed by atoms with van der Waals surface area (Å²) in [5.41, 5.74) is 0.777. The Labute approximate surface area is 194 Å². The maximum Gasteiger partial charge on any atom is 0.350 e. The van der Waals surface area contributed by atoms with Crippen molar-refractivity contribution in [3.05, 3.63) is 92.2 Å². The van der Waals surface area contributed by atoms with Crippen molar-refractivity contribution in [1.82, 2.24) is 0 Å². The van der Waals surface area contributed by atoms with Crippen molar-refractivity contribution in [3.8, 4) is 6.07 Å². The molecule has 1 aliphatic heterocycles. The molecule has 33 heavy (non-hydrogen) atoms. The van der Waals surface area contributed by atoms with Crippen LogP contribution in [0.25, 0.3) is 0 Å². The highest BCUT2D eigenvalue weighted by atomic mass is 32.1. The van der Waals surface area contributed by atoms with Gasteiger partial charge in [-0.05, 0) is 43.0 Å². The van der Waals surface area contributed by atoms with Crippen molar-refractivity contribution in [2.75, 3.05) is 11.6 Å². The molecule has 0 bridgehead atoms. The number of carbonyl (C=O) groups is 1. The minimum Gasteiger partial charge on any atom is -0.463 e. The molecule has 0 radical (unpaired) electrons. The minimum absolute atomic E-state index is 0.0886.